The van der Waals surface area contributed by atoms with Gasteiger partial charge in [-0.25, -0.2) is 0 Å². The van der Waals surface area contributed by atoms with Crippen molar-refractivity contribution in [2.45, 2.75) is 51.0 Å². The zero-order chi connectivity index (χ0) is 21.2. The van der Waals surface area contributed by atoms with Gasteiger partial charge in [-0.1, -0.05) is 17.7 Å². The topological polar surface area (TPSA) is 85.2 Å². The lowest BCUT2D eigenvalue weighted by Crippen LogP contribution is -2.47. The summed E-state index contributed by atoms with van der Waals surface area (Å²) in [5.41, 5.74) is 2.74. The van der Waals surface area contributed by atoms with Crippen LogP contribution in [0.15, 0.2) is 34.6 Å². The Kier molecular flexibility index (Phi) is 5.61. The molecular formula is C23H30N6O2. The van der Waals surface area contributed by atoms with Crippen molar-refractivity contribution in [3.63, 3.8) is 0 Å². The number of pyridine rings is 1. The molecule has 2 unspecified atom stereocenters. The van der Waals surface area contributed by atoms with Crippen molar-refractivity contribution in [3.8, 4) is 6.01 Å². The number of piperidine rings is 1. The highest BCUT2D eigenvalue weighted by atomic mass is 16.5. The van der Waals surface area contributed by atoms with E-state index in [9.17, 15) is 4.79 Å². The average molecular weight is 423 g/mol. The number of nitrogens with one attached hydrogen (secondary N) is 1. The zero-order valence-electron chi connectivity index (χ0n) is 18.1. The number of ether oxygens (including phenoxy) is 1. The van der Waals surface area contributed by atoms with Crippen LogP contribution in [0.4, 0.5) is 11.9 Å². The number of methoxy groups -OCH3 is 1. The maximum absolute atomic E-state index is 12.3. The fourth-order valence-electron chi connectivity index (χ4n) is 5.18. The number of hydrogen-bond donors (Lipinski definition) is 1. The maximum atomic E-state index is 12.3. The molecule has 1 N–H and O–H groups in total. The summed E-state index contributed by atoms with van der Waals surface area (Å²) < 4.78 is 7.30. The van der Waals surface area contributed by atoms with Crippen LogP contribution in [0, 0.1) is 5.92 Å². The molecule has 0 amide bonds. The minimum Gasteiger partial charge on any atom is -0.467 e. The van der Waals surface area contributed by atoms with Gasteiger partial charge in [0.15, 0.2) is 0 Å². The number of hydrogen-bond acceptors (Lipinski definition) is 7. The van der Waals surface area contributed by atoms with Crippen LogP contribution in [0.2, 0.25) is 0 Å². The largest absolute Gasteiger partial charge is 0.467 e. The van der Waals surface area contributed by atoms with Crippen molar-refractivity contribution in [3.05, 3.63) is 45.9 Å². The van der Waals surface area contributed by atoms with Gasteiger partial charge in [-0.3, -0.25) is 4.79 Å². The van der Waals surface area contributed by atoms with Crippen LogP contribution in [0.3, 0.4) is 0 Å². The van der Waals surface area contributed by atoms with Crippen molar-refractivity contribution in [1.29, 1.82) is 0 Å². The predicted octanol–water partition coefficient (Wildman–Crippen LogP) is 2.97. The third kappa shape index (κ3) is 4.29. The van der Waals surface area contributed by atoms with E-state index in [1.54, 1.807) is 13.2 Å². The molecule has 1 saturated heterocycles. The summed E-state index contributed by atoms with van der Waals surface area (Å²) >= 11 is 0. The number of anilines is 2. The lowest BCUT2D eigenvalue weighted by Gasteiger charge is -2.42. The Morgan fingerprint density at radius 2 is 2.10 bits per heavy atom. The summed E-state index contributed by atoms with van der Waals surface area (Å²) in [5.74, 6) is 1.92. The highest BCUT2D eigenvalue weighted by molar-refractivity contribution is 5.40. The van der Waals surface area contributed by atoms with Gasteiger partial charge in [0, 0.05) is 43.9 Å². The number of allylic oxidation sites excluding steroid dienone is 1. The molecule has 2 aromatic heterocycles. The summed E-state index contributed by atoms with van der Waals surface area (Å²) in [6, 6.07) is 5.92. The molecule has 5 rings (SSSR count). The Bertz CT molecular complexity index is 1030. The molecule has 164 valence electrons. The minimum atomic E-state index is 0.0991. The van der Waals surface area contributed by atoms with Crippen molar-refractivity contribution in [2.24, 2.45) is 5.92 Å². The molecule has 2 aliphatic heterocycles. The minimum absolute atomic E-state index is 0.0991. The van der Waals surface area contributed by atoms with E-state index in [4.69, 9.17) is 9.72 Å². The molecule has 3 aliphatic rings. The van der Waals surface area contributed by atoms with Crippen LogP contribution in [-0.4, -0.2) is 46.3 Å². The maximum Gasteiger partial charge on any atom is 0.322 e. The number of nitrogens with zero attached hydrogens (tertiary/aromatic N) is 5. The predicted molar refractivity (Wildman–Crippen MR) is 120 cm³/mol. The van der Waals surface area contributed by atoms with Crippen LogP contribution >= 0.6 is 0 Å². The molecule has 0 aromatic carbocycles. The van der Waals surface area contributed by atoms with E-state index >= 15 is 0 Å². The molecule has 0 saturated carbocycles. The van der Waals surface area contributed by atoms with E-state index in [0.717, 1.165) is 44.7 Å². The second-order valence-corrected chi connectivity index (χ2v) is 8.83. The van der Waals surface area contributed by atoms with Crippen LogP contribution in [0.1, 0.15) is 50.1 Å². The average Bonchev–Trinajstić information content (AvgIpc) is 2.80. The Morgan fingerprint density at radius 1 is 1.16 bits per heavy atom. The first-order valence-corrected chi connectivity index (χ1v) is 11.4. The van der Waals surface area contributed by atoms with Gasteiger partial charge in [-0.15, -0.1) is 0 Å². The Morgan fingerprint density at radius 3 is 2.94 bits per heavy atom. The third-order valence-electron chi connectivity index (χ3n) is 6.66. The second kappa shape index (κ2) is 8.69. The molecule has 8 heteroatoms. The summed E-state index contributed by atoms with van der Waals surface area (Å²) in [4.78, 5) is 28.1. The fourth-order valence-corrected chi connectivity index (χ4v) is 5.18. The van der Waals surface area contributed by atoms with Crippen molar-refractivity contribution in [1.82, 2.24) is 19.5 Å². The van der Waals surface area contributed by atoms with Gasteiger partial charge in [0.05, 0.1) is 7.11 Å². The third-order valence-corrected chi connectivity index (χ3v) is 6.66. The summed E-state index contributed by atoms with van der Waals surface area (Å²) in [6.07, 6.45) is 9.50. The standard InChI is InChI=1S/C23H30N6O2/c1-31-23-26-21(24-11-10-16-6-3-2-4-7-16)25-22(27-23)28-13-17-12-18(15-28)19-8-5-9-20(30)29(19)14-17/h5-6,8-9,17-18H,2-4,7,10-15H2,1H3,(H,24,25,26,27). The molecule has 31 heavy (non-hydrogen) atoms. The lowest BCUT2D eigenvalue weighted by atomic mass is 9.83. The van der Waals surface area contributed by atoms with Crippen LogP contribution in [0.25, 0.3) is 0 Å². The van der Waals surface area contributed by atoms with Crippen LogP contribution < -0.4 is 20.5 Å². The van der Waals surface area contributed by atoms with Gasteiger partial charge in [-0.2, -0.15) is 15.0 Å². The molecule has 2 atom stereocenters. The van der Waals surface area contributed by atoms with Crippen molar-refractivity contribution in [2.75, 3.05) is 37.0 Å². The molecule has 0 spiro atoms. The SMILES string of the molecule is COc1nc(NCCC2=CCCCC2)nc(N2CC3CC(C2)c2cccc(=O)n2C3)n1. The van der Waals surface area contributed by atoms with E-state index in [0.29, 0.717) is 29.7 Å². The van der Waals surface area contributed by atoms with E-state index < -0.39 is 0 Å². The molecular weight excluding hydrogens is 392 g/mol. The van der Waals surface area contributed by atoms with Gasteiger partial charge < -0.3 is 19.5 Å². The Hall–Kier alpha value is -2.90. The first-order valence-electron chi connectivity index (χ1n) is 11.4. The summed E-state index contributed by atoms with van der Waals surface area (Å²) in [7, 11) is 1.59. The zero-order valence-corrected chi connectivity index (χ0v) is 18.1. The fraction of sp³-hybridized carbons (Fsp3) is 0.565. The van der Waals surface area contributed by atoms with Crippen molar-refractivity contribution < 1.29 is 4.74 Å². The van der Waals surface area contributed by atoms with Crippen LogP contribution in [0.5, 0.6) is 6.01 Å². The molecule has 1 fully saturated rings. The number of fused-ring (bicyclic) bond motifs is 4. The summed E-state index contributed by atoms with van der Waals surface area (Å²) in [5, 5.41) is 3.36. The Balaban J connectivity index is 1.32. The molecule has 2 bridgehead atoms. The highest BCUT2D eigenvalue weighted by Crippen LogP contribution is 2.36. The molecule has 1 aliphatic carbocycles. The van der Waals surface area contributed by atoms with Crippen molar-refractivity contribution >= 4 is 11.9 Å². The molecule has 8 nitrogen and oxygen atoms in total. The van der Waals surface area contributed by atoms with E-state index in [2.05, 4.69) is 32.3 Å². The quantitative estimate of drug-likeness (QED) is 0.717. The second-order valence-electron chi connectivity index (χ2n) is 8.83. The van der Waals surface area contributed by atoms with Crippen LogP contribution in [-0.2, 0) is 6.54 Å². The molecule has 2 aromatic rings. The van der Waals surface area contributed by atoms with E-state index in [-0.39, 0.29) is 5.56 Å². The number of aromatic nitrogens is 4. The molecule has 0 radical (unpaired) electrons. The normalized spacial score (nSPS) is 22.5. The molecule has 4 heterocycles. The summed E-state index contributed by atoms with van der Waals surface area (Å²) in [6.45, 7) is 3.18. The van der Waals surface area contributed by atoms with Gasteiger partial charge in [-0.05, 0) is 50.5 Å². The van der Waals surface area contributed by atoms with Gasteiger partial charge >= 0.3 is 6.01 Å². The highest BCUT2D eigenvalue weighted by Gasteiger charge is 2.35. The van der Waals surface area contributed by atoms with E-state index in [1.165, 1.54) is 31.3 Å². The van der Waals surface area contributed by atoms with Gasteiger partial charge in [0.1, 0.15) is 0 Å². The monoisotopic (exact) mass is 422 g/mol. The first-order chi connectivity index (χ1) is 15.2. The number of rotatable bonds is 6. The lowest BCUT2D eigenvalue weighted by molar-refractivity contribution is 0.279. The first kappa shape index (κ1) is 20.0. The Labute approximate surface area is 182 Å². The smallest absolute Gasteiger partial charge is 0.322 e. The van der Waals surface area contributed by atoms with Gasteiger partial charge in [0.25, 0.3) is 5.56 Å². The van der Waals surface area contributed by atoms with E-state index in [1.807, 2.05) is 10.6 Å². The van der Waals surface area contributed by atoms with Gasteiger partial charge in [0.2, 0.25) is 11.9 Å².